The lowest BCUT2D eigenvalue weighted by molar-refractivity contribution is -0.122. The Bertz CT molecular complexity index is 684. The van der Waals surface area contributed by atoms with Crippen molar-refractivity contribution in [3.8, 4) is 5.75 Å². The first-order valence-corrected chi connectivity index (χ1v) is 7.84. The van der Waals surface area contributed by atoms with Gasteiger partial charge in [-0.25, -0.2) is 0 Å². The van der Waals surface area contributed by atoms with Crippen LogP contribution in [0, 0.1) is 0 Å². The summed E-state index contributed by atoms with van der Waals surface area (Å²) in [5.41, 5.74) is 1.31. The molecule has 0 fully saturated rings. The lowest BCUT2D eigenvalue weighted by Gasteiger charge is -2.15. The van der Waals surface area contributed by atoms with Gasteiger partial charge in [0, 0.05) is 22.8 Å². The molecule has 0 aliphatic rings. The number of carbonyl (C=O) groups is 2. The molecule has 0 heterocycles. The second-order valence-electron chi connectivity index (χ2n) is 4.96. The number of rotatable bonds is 5. The van der Waals surface area contributed by atoms with Crippen molar-refractivity contribution in [2.24, 2.45) is 0 Å². The zero-order valence-electron chi connectivity index (χ0n) is 12.8. The van der Waals surface area contributed by atoms with Crippen LogP contribution in [0.5, 0.6) is 5.75 Å². The Hall–Kier alpha value is -2.34. The molecular weight excluding hydrogens is 360 g/mol. The number of ether oxygens (including phenoxy) is 1. The van der Waals surface area contributed by atoms with Crippen molar-refractivity contribution >= 4 is 39.1 Å². The van der Waals surface area contributed by atoms with Gasteiger partial charge in [0.2, 0.25) is 5.91 Å². The Labute approximate surface area is 143 Å². The van der Waals surface area contributed by atoms with Gasteiger partial charge in [-0.3, -0.25) is 9.59 Å². The van der Waals surface area contributed by atoms with Crippen molar-refractivity contribution in [3.63, 3.8) is 0 Å². The molecule has 120 valence electrons. The van der Waals surface area contributed by atoms with Crippen LogP contribution in [0.2, 0.25) is 0 Å². The average Bonchev–Trinajstić information content (AvgIpc) is 2.51. The molecule has 2 rings (SSSR count). The molecule has 2 aromatic rings. The van der Waals surface area contributed by atoms with E-state index in [0.29, 0.717) is 17.1 Å². The molecule has 5 nitrogen and oxygen atoms in total. The SMILES string of the molecule is CC(=O)Nc1ccc(NC(=O)C(C)Oc2ccc(Br)cc2)cc1. The van der Waals surface area contributed by atoms with Crippen LogP contribution >= 0.6 is 15.9 Å². The molecule has 0 bridgehead atoms. The van der Waals surface area contributed by atoms with Gasteiger partial charge in [-0.1, -0.05) is 15.9 Å². The largest absolute Gasteiger partial charge is 0.481 e. The summed E-state index contributed by atoms with van der Waals surface area (Å²) in [7, 11) is 0. The molecule has 0 saturated heterocycles. The Balaban J connectivity index is 1.92. The fraction of sp³-hybridized carbons (Fsp3) is 0.176. The fourth-order valence-corrected chi connectivity index (χ4v) is 2.12. The van der Waals surface area contributed by atoms with Crippen LogP contribution in [0.3, 0.4) is 0 Å². The monoisotopic (exact) mass is 376 g/mol. The quantitative estimate of drug-likeness (QED) is 0.833. The van der Waals surface area contributed by atoms with E-state index in [2.05, 4.69) is 26.6 Å². The minimum absolute atomic E-state index is 0.140. The summed E-state index contributed by atoms with van der Waals surface area (Å²) in [5.74, 6) is 0.232. The van der Waals surface area contributed by atoms with Crippen LogP contribution in [-0.4, -0.2) is 17.9 Å². The maximum Gasteiger partial charge on any atom is 0.265 e. The zero-order valence-corrected chi connectivity index (χ0v) is 14.4. The van der Waals surface area contributed by atoms with Gasteiger partial charge >= 0.3 is 0 Å². The van der Waals surface area contributed by atoms with Crippen molar-refractivity contribution in [1.29, 1.82) is 0 Å². The first-order valence-electron chi connectivity index (χ1n) is 7.05. The normalized spacial score (nSPS) is 11.4. The number of carbonyl (C=O) groups excluding carboxylic acids is 2. The predicted octanol–water partition coefficient (Wildman–Crippen LogP) is 3.81. The van der Waals surface area contributed by atoms with Gasteiger partial charge in [0.25, 0.3) is 5.91 Å². The highest BCUT2D eigenvalue weighted by atomic mass is 79.9. The molecule has 0 aliphatic heterocycles. The molecule has 2 amide bonds. The Morgan fingerprint density at radius 2 is 1.48 bits per heavy atom. The van der Waals surface area contributed by atoms with E-state index in [4.69, 9.17) is 4.74 Å². The van der Waals surface area contributed by atoms with Gasteiger partial charge in [0.1, 0.15) is 5.75 Å². The topological polar surface area (TPSA) is 67.4 Å². The average molecular weight is 377 g/mol. The van der Waals surface area contributed by atoms with E-state index in [1.165, 1.54) is 6.92 Å². The molecule has 0 aliphatic carbocycles. The number of anilines is 2. The number of halogens is 1. The molecule has 1 unspecified atom stereocenters. The number of benzene rings is 2. The second kappa shape index (κ2) is 7.78. The third-order valence-corrected chi connectivity index (χ3v) is 3.50. The van der Waals surface area contributed by atoms with Crippen LogP contribution in [-0.2, 0) is 9.59 Å². The van der Waals surface area contributed by atoms with E-state index in [1.807, 2.05) is 12.1 Å². The van der Waals surface area contributed by atoms with E-state index in [0.717, 1.165) is 4.47 Å². The van der Waals surface area contributed by atoms with Gasteiger partial charge in [-0.2, -0.15) is 0 Å². The van der Waals surface area contributed by atoms with E-state index in [9.17, 15) is 9.59 Å². The molecule has 0 saturated carbocycles. The van der Waals surface area contributed by atoms with Gasteiger partial charge < -0.3 is 15.4 Å². The summed E-state index contributed by atoms with van der Waals surface area (Å²) < 4.78 is 6.54. The van der Waals surface area contributed by atoms with E-state index >= 15 is 0 Å². The van der Waals surface area contributed by atoms with E-state index in [-0.39, 0.29) is 11.8 Å². The molecular formula is C17H17BrN2O3. The molecule has 0 radical (unpaired) electrons. The lowest BCUT2D eigenvalue weighted by Crippen LogP contribution is -2.30. The maximum absolute atomic E-state index is 12.1. The minimum Gasteiger partial charge on any atom is -0.481 e. The number of hydrogen-bond acceptors (Lipinski definition) is 3. The molecule has 0 spiro atoms. The first kappa shape index (κ1) is 17.0. The Kier molecular flexibility index (Phi) is 5.76. The third-order valence-electron chi connectivity index (χ3n) is 2.97. The van der Waals surface area contributed by atoms with Crippen LogP contribution in [0.4, 0.5) is 11.4 Å². The van der Waals surface area contributed by atoms with Crippen LogP contribution in [0.15, 0.2) is 53.0 Å². The summed E-state index contributed by atoms with van der Waals surface area (Å²) in [5, 5.41) is 5.43. The van der Waals surface area contributed by atoms with Gasteiger partial charge in [0.15, 0.2) is 6.10 Å². The summed E-state index contributed by atoms with van der Waals surface area (Å²) in [6.07, 6.45) is -0.633. The van der Waals surface area contributed by atoms with Crippen molar-refractivity contribution in [1.82, 2.24) is 0 Å². The van der Waals surface area contributed by atoms with Crippen LogP contribution in [0.1, 0.15) is 13.8 Å². The van der Waals surface area contributed by atoms with E-state index < -0.39 is 6.10 Å². The first-order chi connectivity index (χ1) is 10.9. The summed E-state index contributed by atoms with van der Waals surface area (Å²) in [6, 6.07) is 14.1. The molecule has 23 heavy (non-hydrogen) atoms. The summed E-state index contributed by atoms with van der Waals surface area (Å²) in [6.45, 7) is 3.12. The van der Waals surface area contributed by atoms with Crippen molar-refractivity contribution in [2.45, 2.75) is 20.0 Å². The molecule has 1 atom stereocenters. The predicted molar refractivity (Wildman–Crippen MR) is 93.6 cm³/mol. The molecule has 6 heteroatoms. The fourth-order valence-electron chi connectivity index (χ4n) is 1.85. The highest BCUT2D eigenvalue weighted by molar-refractivity contribution is 9.10. The van der Waals surface area contributed by atoms with Crippen molar-refractivity contribution in [2.75, 3.05) is 10.6 Å². The van der Waals surface area contributed by atoms with Gasteiger partial charge in [-0.15, -0.1) is 0 Å². The van der Waals surface area contributed by atoms with Crippen molar-refractivity contribution in [3.05, 3.63) is 53.0 Å². The summed E-state index contributed by atoms with van der Waals surface area (Å²) in [4.78, 5) is 23.1. The standard InChI is InChI=1S/C17H17BrN2O3/c1-11(23-16-9-3-13(18)4-10-16)17(22)20-15-7-5-14(6-8-15)19-12(2)21/h3-11H,1-2H3,(H,19,21)(H,20,22). The van der Waals surface area contributed by atoms with Crippen LogP contribution in [0.25, 0.3) is 0 Å². The van der Waals surface area contributed by atoms with Crippen molar-refractivity contribution < 1.29 is 14.3 Å². The highest BCUT2D eigenvalue weighted by Gasteiger charge is 2.14. The van der Waals surface area contributed by atoms with Crippen LogP contribution < -0.4 is 15.4 Å². The third kappa shape index (κ3) is 5.41. The molecule has 2 N–H and O–H groups in total. The Morgan fingerprint density at radius 3 is 2.00 bits per heavy atom. The second-order valence-corrected chi connectivity index (χ2v) is 5.88. The number of nitrogens with one attached hydrogen (secondary N) is 2. The number of hydrogen-bond donors (Lipinski definition) is 2. The maximum atomic E-state index is 12.1. The smallest absolute Gasteiger partial charge is 0.265 e. The van der Waals surface area contributed by atoms with E-state index in [1.54, 1.807) is 43.3 Å². The molecule has 0 aromatic heterocycles. The zero-order chi connectivity index (χ0) is 16.8. The van der Waals surface area contributed by atoms with Gasteiger partial charge in [-0.05, 0) is 55.5 Å². The molecule has 2 aromatic carbocycles. The lowest BCUT2D eigenvalue weighted by atomic mass is 10.2. The van der Waals surface area contributed by atoms with Gasteiger partial charge in [0.05, 0.1) is 0 Å². The minimum atomic E-state index is -0.633. The summed E-state index contributed by atoms with van der Waals surface area (Å²) >= 11 is 3.34. The highest BCUT2D eigenvalue weighted by Crippen LogP contribution is 2.18. The number of amides is 2. The Morgan fingerprint density at radius 1 is 0.957 bits per heavy atom.